The van der Waals surface area contributed by atoms with E-state index in [2.05, 4.69) is 36.4 Å². The van der Waals surface area contributed by atoms with Gasteiger partial charge in [-0.2, -0.15) is 0 Å². The molecule has 3 aromatic carbocycles. The third-order valence-electron chi connectivity index (χ3n) is 5.69. The van der Waals surface area contributed by atoms with Gasteiger partial charge < -0.3 is 9.29 Å². The van der Waals surface area contributed by atoms with E-state index in [1.165, 1.54) is 0 Å². The Bertz CT molecular complexity index is 1270. The lowest BCUT2D eigenvalue weighted by Gasteiger charge is -2.27. The van der Waals surface area contributed by atoms with Crippen LogP contribution in [0, 0.1) is 41.5 Å². The standard InChI is InChI=1S/C27H29F3O4S2/c1-16-7-17(2)10-22(9-16)35(23-11-18(3)8-19(4)12-23)24-13-20(5)25(21(6)14-24)34-15-27(30,26(28)29)36(31,32)33/h7-14,26H,15H2,1-6H3. The zero-order chi connectivity index (χ0) is 27.0. The van der Waals surface area contributed by atoms with Crippen LogP contribution < -0.4 is 4.74 Å². The lowest BCUT2D eigenvalue weighted by molar-refractivity contribution is -0.0118. The van der Waals surface area contributed by atoms with Crippen molar-refractivity contribution in [2.75, 3.05) is 6.61 Å². The average molecular weight is 539 g/mol. The van der Waals surface area contributed by atoms with E-state index in [1.807, 2.05) is 39.8 Å². The van der Waals surface area contributed by atoms with Crippen molar-refractivity contribution in [2.45, 2.75) is 67.7 Å². The van der Waals surface area contributed by atoms with Crippen molar-refractivity contribution in [1.82, 2.24) is 0 Å². The second-order valence-corrected chi connectivity index (χ2v) is 12.8. The zero-order valence-electron chi connectivity index (χ0n) is 21.0. The fourth-order valence-electron chi connectivity index (χ4n) is 4.18. The minimum Gasteiger partial charge on any atom is -0.745 e. The van der Waals surface area contributed by atoms with Gasteiger partial charge in [0.15, 0.2) is 14.7 Å². The molecule has 194 valence electrons. The maximum atomic E-state index is 14.4. The fourth-order valence-corrected chi connectivity index (χ4v) is 7.22. The normalized spacial score (nSPS) is 13.8. The predicted octanol–water partition coefficient (Wildman–Crippen LogP) is 6.49. The maximum Gasteiger partial charge on any atom is 0.291 e. The quantitative estimate of drug-likeness (QED) is 0.243. The van der Waals surface area contributed by atoms with Gasteiger partial charge in [-0.1, -0.05) is 12.1 Å². The molecule has 0 saturated heterocycles. The molecule has 0 saturated carbocycles. The highest BCUT2D eigenvalue weighted by Gasteiger charge is 2.49. The largest absolute Gasteiger partial charge is 0.745 e. The van der Waals surface area contributed by atoms with Crippen molar-refractivity contribution >= 4 is 21.0 Å². The van der Waals surface area contributed by atoms with Gasteiger partial charge in [-0.3, -0.25) is 0 Å². The Morgan fingerprint density at radius 3 is 1.47 bits per heavy atom. The van der Waals surface area contributed by atoms with Crippen LogP contribution in [-0.4, -0.2) is 31.0 Å². The lowest BCUT2D eigenvalue weighted by Crippen LogP contribution is -2.46. The molecule has 36 heavy (non-hydrogen) atoms. The van der Waals surface area contributed by atoms with Crippen LogP contribution >= 0.6 is 0 Å². The van der Waals surface area contributed by atoms with Crippen LogP contribution in [0.2, 0.25) is 0 Å². The Balaban J connectivity index is 2.11. The number of ether oxygens (including phenoxy) is 1. The van der Waals surface area contributed by atoms with Gasteiger partial charge in [-0.15, -0.1) is 0 Å². The molecule has 0 heterocycles. The van der Waals surface area contributed by atoms with Gasteiger partial charge in [0.05, 0.1) is 10.9 Å². The molecule has 0 aliphatic heterocycles. The van der Waals surface area contributed by atoms with Gasteiger partial charge in [0.25, 0.3) is 11.4 Å². The summed E-state index contributed by atoms with van der Waals surface area (Å²) in [6.07, 6.45) is -4.04. The maximum absolute atomic E-state index is 14.4. The summed E-state index contributed by atoms with van der Waals surface area (Å²) < 4.78 is 79.4. The molecule has 4 nitrogen and oxygen atoms in total. The Morgan fingerprint density at radius 2 is 1.14 bits per heavy atom. The van der Waals surface area contributed by atoms with E-state index in [4.69, 9.17) is 4.74 Å². The van der Waals surface area contributed by atoms with Gasteiger partial charge in [0.2, 0.25) is 0 Å². The highest BCUT2D eigenvalue weighted by atomic mass is 32.2. The molecule has 0 aliphatic carbocycles. The zero-order valence-corrected chi connectivity index (χ0v) is 22.6. The van der Waals surface area contributed by atoms with Gasteiger partial charge in [-0.25, -0.2) is 21.6 Å². The molecule has 3 aromatic rings. The van der Waals surface area contributed by atoms with Crippen molar-refractivity contribution < 1.29 is 30.9 Å². The van der Waals surface area contributed by atoms with Crippen LogP contribution in [0.15, 0.2) is 63.2 Å². The summed E-state index contributed by atoms with van der Waals surface area (Å²) in [7, 11) is -6.48. The Kier molecular flexibility index (Phi) is 8.17. The number of rotatable bonds is 8. The summed E-state index contributed by atoms with van der Waals surface area (Å²) in [5, 5.41) is -4.34. The van der Waals surface area contributed by atoms with Crippen LogP contribution in [-0.2, 0) is 21.0 Å². The molecule has 1 atom stereocenters. The molecular weight excluding hydrogens is 509 g/mol. The third-order valence-corrected chi connectivity index (χ3v) is 8.93. The lowest BCUT2D eigenvalue weighted by atomic mass is 10.1. The van der Waals surface area contributed by atoms with E-state index < -0.39 is 39.0 Å². The number of aryl methyl sites for hydroxylation is 6. The Morgan fingerprint density at radius 1 is 0.778 bits per heavy atom. The molecular formula is C27H29F3O4S2. The number of hydrogen-bond acceptors (Lipinski definition) is 4. The van der Waals surface area contributed by atoms with Gasteiger partial charge in [0, 0.05) is 12.1 Å². The first-order valence-corrected chi connectivity index (χ1v) is 13.8. The molecule has 0 radical (unpaired) electrons. The molecule has 1 unspecified atom stereocenters. The second kappa shape index (κ2) is 10.5. The molecule has 0 spiro atoms. The van der Waals surface area contributed by atoms with Gasteiger partial charge in [-0.05, 0) is 99.2 Å². The van der Waals surface area contributed by atoms with E-state index >= 15 is 0 Å². The number of alkyl halides is 3. The first kappa shape index (κ1) is 28.1. The first-order chi connectivity index (χ1) is 16.6. The monoisotopic (exact) mass is 538 g/mol. The average Bonchev–Trinajstić information content (AvgIpc) is 2.70. The fraction of sp³-hybridized carbons (Fsp3) is 0.333. The Labute approximate surface area is 213 Å². The minimum absolute atomic E-state index is 0.0643. The van der Waals surface area contributed by atoms with Crippen LogP contribution in [0.1, 0.15) is 33.4 Å². The highest BCUT2D eigenvalue weighted by Crippen LogP contribution is 2.38. The Hall–Kier alpha value is -2.49. The smallest absolute Gasteiger partial charge is 0.291 e. The van der Waals surface area contributed by atoms with Crippen molar-refractivity contribution in [1.29, 1.82) is 0 Å². The van der Waals surface area contributed by atoms with Crippen molar-refractivity contribution in [3.63, 3.8) is 0 Å². The predicted molar refractivity (Wildman–Crippen MR) is 135 cm³/mol. The van der Waals surface area contributed by atoms with Gasteiger partial charge >= 0.3 is 0 Å². The van der Waals surface area contributed by atoms with Crippen LogP contribution in [0.5, 0.6) is 5.75 Å². The molecule has 0 amide bonds. The molecule has 0 bridgehead atoms. The van der Waals surface area contributed by atoms with Crippen molar-refractivity contribution in [3.05, 3.63) is 81.9 Å². The molecule has 0 fully saturated rings. The molecule has 9 heteroatoms. The first-order valence-electron chi connectivity index (χ1n) is 11.2. The summed E-state index contributed by atoms with van der Waals surface area (Å²) in [4.78, 5) is 3.13. The van der Waals surface area contributed by atoms with E-state index in [0.29, 0.717) is 11.1 Å². The molecule has 0 aliphatic rings. The third kappa shape index (κ3) is 5.90. The minimum atomic E-state index is -5.96. The second-order valence-electron chi connectivity index (χ2n) is 9.17. The van der Waals surface area contributed by atoms with Gasteiger partial charge in [0.1, 0.15) is 22.5 Å². The van der Waals surface area contributed by atoms with Crippen LogP contribution in [0.4, 0.5) is 13.2 Å². The van der Waals surface area contributed by atoms with Crippen LogP contribution in [0.3, 0.4) is 0 Å². The summed E-state index contributed by atoms with van der Waals surface area (Å²) >= 11 is 0. The van der Waals surface area contributed by atoms with E-state index in [0.717, 1.165) is 36.9 Å². The van der Waals surface area contributed by atoms with Crippen molar-refractivity contribution in [3.8, 4) is 5.75 Å². The summed E-state index contributed by atoms with van der Waals surface area (Å²) in [6, 6.07) is 16.4. The number of halogens is 3. The molecule has 0 N–H and O–H groups in total. The van der Waals surface area contributed by atoms with Crippen molar-refractivity contribution in [2.24, 2.45) is 0 Å². The topological polar surface area (TPSA) is 66.4 Å². The van der Waals surface area contributed by atoms with Crippen LogP contribution in [0.25, 0.3) is 0 Å². The van der Waals surface area contributed by atoms with E-state index in [9.17, 15) is 26.1 Å². The summed E-state index contributed by atoms with van der Waals surface area (Å²) in [6.45, 7) is 9.87. The van der Waals surface area contributed by atoms with E-state index in [-0.39, 0.29) is 5.75 Å². The number of hydrogen-bond donors (Lipinski definition) is 0. The summed E-state index contributed by atoms with van der Waals surface area (Å²) in [5.41, 5.74) is 5.49. The number of benzene rings is 3. The highest BCUT2D eigenvalue weighted by molar-refractivity contribution is 7.97. The van der Waals surface area contributed by atoms with E-state index in [1.54, 1.807) is 13.8 Å². The molecule has 0 aromatic heterocycles. The summed E-state index contributed by atoms with van der Waals surface area (Å²) in [5.74, 6) is 0.0643. The SMILES string of the molecule is Cc1cc(C)cc([S+](c2cc(C)cc(C)c2)c2cc(C)c(OCC(F)(C(F)F)S(=O)(=O)[O-])c(C)c2)c1. The molecule has 3 rings (SSSR count).